The summed E-state index contributed by atoms with van der Waals surface area (Å²) in [5, 5.41) is 8.71. The molecule has 1 fully saturated rings. The van der Waals surface area contributed by atoms with Crippen molar-refractivity contribution in [2.45, 2.75) is 25.3 Å². The van der Waals surface area contributed by atoms with Gasteiger partial charge in [-0.05, 0) is 37.5 Å². The number of piperidine rings is 1. The summed E-state index contributed by atoms with van der Waals surface area (Å²) in [6, 6.07) is 6.78. The first kappa shape index (κ1) is 11.9. The number of hydrogen-bond donors (Lipinski definition) is 1. The zero-order chi connectivity index (χ0) is 12.3. The maximum absolute atomic E-state index is 13.9. The lowest BCUT2D eigenvalue weighted by Gasteiger charge is -2.37. The fraction of sp³-hybridized carbons (Fsp3) is 0.462. The van der Waals surface area contributed by atoms with Crippen LogP contribution in [0.1, 0.15) is 24.8 Å². The van der Waals surface area contributed by atoms with Crippen molar-refractivity contribution >= 4 is 5.69 Å². The molecule has 0 aliphatic carbocycles. The van der Waals surface area contributed by atoms with Gasteiger partial charge in [0.05, 0.1) is 17.3 Å². The summed E-state index contributed by atoms with van der Waals surface area (Å²) in [4.78, 5) is 2.03. The van der Waals surface area contributed by atoms with Gasteiger partial charge in [-0.25, -0.2) is 4.39 Å². The Balaban J connectivity index is 2.29. The Hall–Kier alpha value is -1.60. The summed E-state index contributed by atoms with van der Waals surface area (Å²) in [5.74, 6) is -0.329. The minimum absolute atomic E-state index is 0.214. The summed E-state index contributed by atoms with van der Waals surface area (Å²) in [5.41, 5.74) is 6.64. The van der Waals surface area contributed by atoms with E-state index >= 15 is 0 Å². The molecule has 4 heteroatoms. The Morgan fingerprint density at radius 3 is 2.94 bits per heavy atom. The van der Waals surface area contributed by atoms with Gasteiger partial charge in [0.25, 0.3) is 0 Å². The third-order valence-electron chi connectivity index (χ3n) is 3.29. The number of benzene rings is 1. The molecule has 90 valence electrons. The van der Waals surface area contributed by atoms with E-state index in [1.54, 1.807) is 12.1 Å². The van der Waals surface area contributed by atoms with Crippen molar-refractivity contribution < 1.29 is 4.39 Å². The van der Waals surface area contributed by atoms with Crippen molar-refractivity contribution in [3.63, 3.8) is 0 Å². The van der Waals surface area contributed by atoms with E-state index in [0.29, 0.717) is 17.8 Å². The van der Waals surface area contributed by atoms with E-state index < -0.39 is 0 Å². The highest BCUT2D eigenvalue weighted by Gasteiger charge is 2.23. The molecule has 0 saturated carbocycles. The lowest BCUT2D eigenvalue weighted by atomic mass is 10.0. The standard InChI is InChI=1S/C13H16FN3/c14-12-7-10(8-15)4-5-13(12)17-6-2-1-3-11(17)9-16/h4-5,7,11H,1-3,6,9,16H2. The Morgan fingerprint density at radius 2 is 2.29 bits per heavy atom. The zero-order valence-corrected chi connectivity index (χ0v) is 9.69. The maximum atomic E-state index is 13.9. The van der Waals surface area contributed by atoms with Gasteiger partial charge in [-0.2, -0.15) is 5.26 Å². The summed E-state index contributed by atoms with van der Waals surface area (Å²) in [6.45, 7) is 1.38. The number of nitrogens with zero attached hydrogens (tertiary/aromatic N) is 2. The maximum Gasteiger partial charge on any atom is 0.147 e. The quantitative estimate of drug-likeness (QED) is 0.850. The fourth-order valence-electron chi connectivity index (χ4n) is 2.37. The van der Waals surface area contributed by atoms with Crippen molar-refractivity contribution in [1.82, 2.24) is 0 Å². The average Bonchev–Trinajstić information content (AvgIpc) is 2.38. The summed E-state index contributed by atoms with van der Waals surface area (Å²) >= 11 is 0. The molecule has 1 unspecified atom stereocenters. The molecule has 2 rings (SSSR count). The van der Waals surface area contributed by atoms with Gasteiger partial charge in [0.1, 0.15) is 5.82 Å². The minimum Gasteiger partial charge on any atom is -0.365 e. The van der Waals surface area contributed by atoms with Crippen LogP contribution in [0.3, 0.4) is 0 Å². The van der Waals surface area contributed by atoms with Crippen LogP contribution in [-0.4, -0.2) is 19.1 Å². The number of halogens is 1. The molecule has 1 atom stereocenters. The molecule has 0 radical (unpaired) electrons. The van der Waals surface area contributed by atoms with E-state index in [9.17, 15) is 4.39 Å². The number of hydrogen-bond acceptors (Lipinski definition) is 3. The summed E-state index contributed by atoms with van der Waals surface area (Å²) in [6.07, 6.45) is 3.22. The smallest absolute Gasteiger partial charge is 0.147 e. The van der Waals surface area contributed by atoms with Gasteiger partial charge in [-0.3, -0.25) is 0 Å². The van der Waals surface area contributed by atoms with Crippen LogP contribution in [-0.2, 0) is 0 Å². The lowest BCUT2D eigenvalue weighted by molar-refractivity contribution is 0.458. The van der Waals surface area contributed by atoms with E-state index in [0.717, 1.165) is 25.8 Å². The van der Waals surface area contributed by atoms with Crippen LogP contribution in [0, 0.1) is 17.1 Å². The minimum atomic E-state index is -0.329. The normalized spacial score (nSPS) is 20.1. The Bertz CT molecular complexity index is 439. The van der Waals surface area contributed by atoms with E-state index in [1.807, 2.05) is 11.0 Å². The van der Waals surface area contributed by atoms with Crippen LogP contribution >= 0.6 is 0 Å². The number of rotatable bonds is 2. The molecule has 1 aliphatic heterocycles. The van der Waals surface area contributed by atoms with Gasteiger partial charge < -0.3 is 10.6 Å². The van der Waals surface area contributed by atoms with Gasteiger partial charge in [-0.1, -0.05) is 0 Å². The van der Waals surface area contributed by atoms with E-state index in [2.05, 4.69) is 0 Å². The van der Waals surface area contributed by atoms with Crippen molar-refractivity contribution in [2.24, 2.45) is 5.73 Å². The molecule has 1 saturated heterocycles. The van der Waals surface area contributed by atoms with Crippen molar-refractivity contribution in [1.29, 1.82) is 5.26 Å². The monoisotopic (exact) mass is 233 g/mol. The molecule has 0 aromatic heterocycles. The first-order chi connectivity index (χ1) is 8.26. The SMILES string of the molecule is N#Cc1ccc(N2CCCCC2CN)c(F)c1. The molecular weight excluding hydrogens is 217 g/mol. The predicted octanol–water partition coefficient (Wildman–Crippen LogP) is 2.01. The van der Waals surface area contributed by atoms with Crippen molar-refractivity contribution in [3.05, 3.63) is 29.6 Å². The molecule has 1 aliphatic rings. The fourth-order valence-corrected chi connectivity index (χ4v) is 2.37. The first-order valence-electron chi connectivity index (χ1n) is 5.92. The molecule has 0 amide bonds. The molecular formula is C13H16FN3. The second kappa shape index (κ2) is 5.15. The average molecular weight is 233 g/mol. The van der Waals surface area contributed by atoms with Crippen LogP contribution < -0.4 is 10.6 Å². The number of anilines is 1. The van der Waals surface area contributed by atoms with E-state index in [1.165, 1.54) is 6.07 Å². The van der Waals surface area contributed by atoms with Crippen LogP contribution in [0.15, 0.2) is 18.2 Å². The number of nitrogens with two attached hydrogens (primary N) is 1. The topological polar surface area (TPSA) is 53.0 Å². The molecule has 0 bridgehead atoms. The highest BCUT2D eigenvalue weighted by atomic mass is 19.1. The second-order valence-electron chi connectivity index (χ2n) is 4.36. The largest absolute Gasteiger partial charge is 0.365 e. The van der Waals surface area contributed by atoms with Gasteiger partial charge in [0, 0.05) is 19.1 Å². The zero-order valence-electron chi connectivity index (χ0n) is 9.69. The Morgan fingerprint density at radius 1 is 1.47 bits per heavy atom. The van der Waals surface area contributed by atoms with Crippen LogP contribution in [0.5, 0.6) is 0 Å². The van der Waals surface area contributed by atoms with Crippen LogP contribution in [0.25, 0.3) is 0 Å². The predicted molar refractivity (Wildman–Crippen MR) is 65.2 cm³/mol. The summed E-state index contributed by atoms with van der Waals surface area (Å²) in [7, 11) is 0. The molecule has 1 aromatic carbocycles. The molecule has 1 aromatic rings. The van der Waals surface area contributed by atoms with Gasteiger partial charge in [0.2, 0.25) is 0 Å². The molecule has 3 nitrogen and oxygen atoms in total. The second-order valence-corrected chi connectivity index (χ2v) is 4.36. The van der Waals surface area contributed by atoms with Crippen LogP contribution in [0.2, 0.25) is 0 Å². The lowest BCUT2D eigenvalue weighted by Crippen LogP contribution is -2.44. The first-order valence-corrected chi connectivity index (χ1v) is 5.92. The van der Waals surface area contributed by atoms with Gasteiger partial charge in [-0.15, -0.1) is 0 Å². The Kier molecular flexibility index (Phi) is 3.60. The van der Waals surface area contributed by atoms with Gasteiger partial charge >= 0.3 is 0 Å². The molecule has 2 N–H and O–H groups in total. The van der Waals surface area contributed by atoms with E-state index in [4.69, 9.17) is 11.0 Å². The number of nitriles is 1. The third-order valence-corrected chi connectivity index (χ3v) is 3.29. The summed E-state index contributed by atoms with van der Waals surface area (Å²) < 4.78 is 13.9. The molecule has 0 spiro atoms. The van der Waals surface area contributed by atoms with E-state index in [-0.39, 0.29) is 11.9 Å². The van der Waals surface area contributed by atoms with Gasteiger partial charge in [0.15, 0.2) is 0 Å². The van der Waals surface area contributed by atoms with Crippen LogP contribution in [0.4, 0.5) is 10.1 Å². The van der Waals surface area contributed by atoms with Crippen molar-refractivity contribution in [2.75, 3.05) is 18.0 Å². The highest BCUT2D eigenvalue weighted by Crippen LogP contribution is 2.27. The Labute approximate surface area is 101 Å². The third kappa shape index (κ3) is 2.40. The van der Waals surface area contributed by atoms with Crippen molar-refractivity contribution in [3.8, 4) is 6.07 Å². The highest BCUT2D eigenvalue weighted by molar-refractivity contribution is 5.52. The molecule has 1 heterocycles. The molecule has 17 heavy (non-hydrogen) atoms.